The van der Waals surface area contributed by atoms with Gasteiger partial charge in [-0.05, 0) is 30.3 Å². The minimum Gasteiger partial charge on any atom is -0.482 e. The maximum absolute atomic E-state index is 6.07. The van der Waals surface area contributed by atoms with Crippen LogP contribution in [0.4, 0.5) is 0 Å². The van der Waals surface area contributed by atoms with Gasteiger partial charge in [-0.15, -0.1) is 0 Å². The first kappa shape index (κ1) is 12.5. The highest BCUT2D eigenvalue weighted by atomic mass is 79.9. The van der Waals surface area contributed by atoms with Crippen LogP contribution >= 0.6 is 27.5 Å². The standard InChI is InChI=1S/C14H9BrClNO2/c15-9-5-6-12(10(16)7-9)18-8-14-17-11-3-1-2-4-13(11)19-14/h1-7H,8H2. The molecule has 3 aromatic rings. The number of halogens is 2. The van der Waals surface area contributed by atoms with E-state index in [9.17, 15) is 0 Å². The van der Waals surface area contributed by atoms with E-state index in [1.54, 1.807) is 12.1 Å². The zero-order chi connectivity index (χ0) is 13.2. The van der Waals surface area contributed by atoms with Crippen LogP contribution in [0, 0.1) is 0 Å². The molecule has 0 aliphatic rings. The molecular weight excluding hydrogens is 330 g/mol. The van der Waals surface area contributed by atoms with Gasteiger partial charge in [-0.25, -0.2) is 4.98 Å². The van der Waals surface area contributed by atoms with E-state index in [0.717, 1.165) is 15.6 Å². The lowest BCUT2D eigenvalue weighted by atomic mass is 10.3. The average molecular weight is 339 g/mol. The lowest BCUT2D eigenvalue weighted by molar-refractivity contribution is 0.267. The predicted molar refractivity (Wildman–Crippen MR) is 77.5 cm³/mol. The van der Waals surface area contributed by atoms with Gasteiger partial charge < -0.3 is 9.15 Å². The van der Waals surface area contributed by atoms with Gasteiger partial charge in [0.05, 0.1) is 5.02 Å². The first-order chi connectivity index (χ1) is 9.22. The molecule has 0 bridgehead atoms. The summed E-state index contributed by atoms with van der Waals surface area (Å²) in [7, 11) is 0. The summed E-state index contributed by atoms with van der Waals surface area (Å²) in [6.45, 7) is 0.246. The van der Waals surface area contributed by atoms with Crippen LogP contribution in [0.25, 0.3) is 11.1 Å². The van der Waals surface area contributed by atoms with Crippen LogP contribution in [0.1, 0.15) is 5.89 Å². The molecule has 3 rings (SSSR count). The summed E-state index contributed by atoms with van der Waals surface area (Å²) in [6.07, 6.45) is 0. The quantitative estimate of drug-likeness (QED) is 0.686. The Labute approximate surface area is 123 Å². The van der Waals surface area contributed by atoms with Crippen molar-refractivity contribution in [1.29, 1.82) is 0 Å². The number of fused-ring (bicyclic) bond motifs is 1. The molecule has 0 saturated carbocycles. The smallest absolute Gasteiger partial charge is 0.233 e. The third kappa shape index (κ3) is 2.74. The van der Waals surface area contributed by atoms with Gasteiger partial charge in [0.1, 0.15) is 11.3 Å². The van der Waals surface area contributed by atoms with Gasteiger partial charge in [-0.3, -0.25) is 0 Å². The Bertz CT molecular complexity index is 693. The first-order valence-corrected chi connectivity index (χ1v) is 6.82. The fourth-order valence-corrected chi connectivity index (χ4v) is 2.44. The third-order valence-electron chi connectivity index (χ3n) is 2.58. The van der Waals surface area contributed by atoms with Crippen LogP contribution in [-0.2, 0) is 6.61 Å². The molecule has 5 heteroatoms. The SMILES string of the molecule is Clc1cc(Br)ccc1OCc1nc2ccccc2o1. The van der Waals surface area contributed by atoms with Gasteiger partial charge in [0.25, 0.3) is 0 Å². The zero-order valence-corrected chi connectivity index (χ0v) is 12.1. The highest BCUT2D eigenvalue weighted by Crippen LogP contribution is 2.28. The fourth-order valence-electron chi connectivity index (χ4n) is 1.71. The van der Waals surface area contributed by atoms with Gasteiger partial charge >= 0.3 is 0 Å². The van der Waals surface area contributed by atoms with E-state index in [4.69, 9.17) is 20.8 Å². The summed E-state index contributed by atoms with van der Waals surface area (Å²) in [6, 6.07) is 13.0. The molecule has 0 atom stereocenters. The van der Waals surface area contributed by atoms with Crippen LogP contribution in [-0.4, -0.2) is 4.98 Å². The number of aromatic nitrogens is 1. The topological polar surface area (TPSA) is 35.3 Å². The molecule has 0 aliphatic carbocycles. The molecular formula is C14H9BrClNO2. The second-order valence-corrected chi connectivity index (χ2v) is 5.26. The van der Waals surface area contributed by atoms with Crippen LogP contribution < -0.4 is 4.74 Å². The molecule has 0 aliphatic heterocycles. The predicted octanol–water partition coefficient (Wildman–Crippen LogP) is 4.82. The Morgan fingerprint density at radius 1 is 1.21 bits per heavy atom. The fraction of sp³-hybridized carbons (Fsp3) is 0.0714. The minimum atomic E-state index is 0.246. The number of ether oxygens (including phenoxy) is 1. The molecule has 0 unspecified atom stereocenters. The van der Waals surface area contributed by atoms with E-state index in [2.05, 4.69) is 20.9 Å². The molecule has 0 saturated heterocycles. The summed E-state index contributed by atoms with van der Waals surface area (Å²) in [4.78, 5) is 4.33. The summed E-state index contributed by atoms with van der Waals surface area (Å²) in [5.74, 6) is 1.13. The third-order valence-corrected chi connectivity index (χ3v) is 3.37. The molecule has 96 valence electrons. The second-order valence-electron chi connectivity index (χ2n) is 3.94. The minimum absolute atomic E-state index is 0.246. The van der Waals surface area contributed by atoms with Crippen molar-refractivity contribution in [3.05, 3.63) is 57.9 Å². The van der Waals surface area contributed by atoms with E-state index in [1.165, 1.54) is 0 Å². The number of benzene rings is 2. The van der Waals surface area contributed by atoms with E-state index >= 15 is 0 Å². The van der Waals surface area contributed by atoms with Crippen molar-refractivity contribution in [2.24, 2.45) is 0 Å². The number of nitrogens with zero attached hydrogens (tertiary/aromatic N) is 1. The van der Waals surface area contributed by atoms with E-state index < -0.39 is 0 Å². The van der Waals surface area contributed by atoms with Crippen LogP contribution in [0.3, 0.4) is 0 Å². The molecule has 1 aromatic heterocycles. The van der Waals surface area contributed by atoms with Crippen molar-refractivity contribution in [1.82, 2.24) is 4.98 Å². The number of hydrogen-bond donors (Lipinski definition) is 0. The van der Waals surface area contributed by atoms with Crippen molar-refractivity contribution >= 4 is 38.6 Å². The Morgan fingerprint density at radius 2 is 2.05 bits per heavy atom. The monoisotopic (exact) mass is 337 g/mol. The molecule has 0 spiro atoms. The average Bonchev–Trinajstić information content (AvgIpc) is 2.80. The molecule has 0 N–H and O–H groups in total. The molecule has 0 radical (unpaired) electrons. The summed E-state index contributed by atoms with van der Waals surface area (Å²) < 4.78 is 12.1. The van der Waals surface area contributed by atoms with Crippen molar-refractivity contribution in [2.45, 2.75) is 6.61 Å². The molecule has 1 heterocycles. The van der Waals surface area contributed by atoms with Gasteiger partial charge in [-0.1, -0.05) is 39.7 Å². The second kappa shape index (κ2) is 5.23. The van der Waals surface area contributed by atoms with Crippen LogP contribution in [0.2, 0.25) is 5.02 Å². The van der Waals surface area contributed by atoms with E-state index in [0.29, 0.717) is 16.7 Å². The molecule has 0 amide bonds. The van der Waals surface area contributed by atoms with Crippen molar-refractivity contribution < 1.29 is 9.15 Å². The van der Waals surface area contributed by atoms with Gasteiger partial charge in [0.2, 0.25) is 5.89 Å². The lowest BCUT2D eigenvalue weighted by Gasteiger charge is -2.05. The molecule has 0 fully saturated rings. The maximum Gasteiger partial charge on any atom is 0.233 e. The van der Waals surface area contributed by atoms with Crippen molar-refractivity contribution in [2.75, 3.05) is 0 Å². The van der Waals surface area contributed by atoms with Gasteiger partial charge in [-0.2, -0.15) is 0 Å². The molecule has 19 heavy (non-hydrogen) atoms. The largest absolute Gasteiger partial charge is 0.482 e. The number of oxazole rings is 1. The number of hydrogen-bond acceptors (Lipinski definition) is 3. The first-order valence-electron chi connectivity index (χ1n) is 5.65. The Morgan fingerprint density at radius 3 is 2.84 bits per heavy atom. The van der Waals surface area contributed by atoms with Gasteiger partial charge in [0, 0.05) is 4.47 Å². The Balaban J connectivity index is 1.78. The van der Waals surface area contributed by atoms with Crippen LogP contribution in [0.5, 0.6) is 5.75 Å². The lowest BCUT2D eigenvalue weighted by Crippen LogP contribution is -1.95. The normalized spacial score (nSPS) is 10.8. The summed E-state index contributed by atoms with van der Waals surface area (Å²) >= 11 is 9.41. The molecule has 2 aromatic carbocycles. The van der Waals surface area contributed by atoms with Crippen LogP contribution in [0.15, 0.2) is 51.4 Å². The Hall–Kier alpha value is -1.52. The number of rotatable bonds is 3. The summed E-state index contributed by atoms with van der Waals surface area (Å²) in [5, 5.41) is 0.547. The number of para-hydroxylation sites is 2. The highest BCUT2D eigenvalue weighted by Gasteiger charge is 2.07. The summed E-state index contributed by atoms with van der Waals surface area (Å²) in [5.41, 5.74) is 1.58. The maximum atomic E-state index is 6.07. The Kier molecular flexibility index (Phi) is 3.44. The van der Waals surface area contributed by atoms with Gasteiger partial charge in [0.15, 0.2) is 12.2 Å². The van der Waals surface area contributed by atoms with Crippen molar-refractivity contribution in [3.8, 4) is 5.75 Å². The van der Waals surface area contributed by atoms with E-state index in [1.807, 2.05) is 30.3 Å². The molecule has 3 nitrogen and oxygen atoms in total. The van der Waals surface area contributed by atoms with E-state index in [-0.39, 0.29) is 6.61 Å². The highest BCUT2D eigenvalue weighted by molar-refractivity contribution is 9.10. The van der Waals surface area contributed by atoms with Crippen molar-refractivity contribution in [3.63, 3.8) is 0 Å². The zero-order valence-electron chi connectivity index (χ0n) is 9.77.